The van der Waals surface area contributed by atoms with E-state index in [2.05, 4.69) is 19.2 Å². The van der Waals surface area contributed by atoms with Gasteiger partial charge in [0.1, 0.15) is 0 Å². The zero-order chi connectivity index (χ0) is 16.3. The molecule has 4 nitrogen and oxygen atoms in total. The lowest BCUT2D eigenvalue weighted by Gasteiger charge is -2.37. The number of carboxylic acid groups (broad SMARTS) is 1. The second kappa shape index (κ2) is 6.51. The van der Waals surface area contributed by atoms with Crippen LogP contribution in [-0.4, -0.2) is 17.0 Å². The Hall–Kier alpha value is -1.84. The van der Waals surface area contributed by atoms with E-state index in [0.717, 1.165) is 17.5 Å². The van der Waals surface area contributed by atoms with Gasteiger partial charge >= 0.3 is 5.97 Å². The lowest BCUT2D eigenvalue weighted by atomic mass is 9.66. The highest BCUT2D eigenvalue weighted by molar-refractivity contribution is 5.85. The lowest BCUT2D eigenvalue weighted by molar-refractivity contribution is -0.157. The molecule has 1 fully saturated rings. The van der Waals surface area contributed by atoms with Crippen molar-refractivity contribution in [3.05, 3.63) is 35.4 Å². The van der Waals surface area contributed by atoms with Crippen LogP contribution in [0.1, 0.15) is 56.7 Å². The minimum Gasteiger partial charge on any atom is -0.481 e. The maximum atomic E-state index is 12.4. The summed E-state index contributed by atoms with van der Waals surface area (Å²) in [6.45, 7) is 6.16. The Morgan fingerprint density at radius 2 is 1.91 bits per heavy atom. The first-order valence-electron chi connectivity index (χ1n) is 7.94. The van der Waals surface area contributed by atoms with Gasteiger partial charge in [0.25, 0.3) is 0 Å². The van der Waals surface area contributed by atoms with E-state index in [4.69, 9.17) is 0 Å². The number of aliphatic carboxylic acids is 1. The van der Waals surface area contributed by atoms with Gasteiger partial charge in [0, 0.05) is 6.42 Å². The first kappa shape index (κ1) is 16.5. The largest absolute Gasteiger partial charge is 0.481 e. The van der Waals surface area contributed by atoms with Crippen molar-refractivity contribution >= 4 is 11.9 Å². The maximum absolute atomic E-state index is 12.4. The predicted molar refractivity (Wildman–Crippen MR) is 85.4 cm³/mol. The van der Waals surface area contributed by atoms with Crippen molar-refractivity contribution < 1.29 is 14.7 Å². The molecule has 1 saturated carbocycles. The number of amides is 1. The number of rotatable bonds is 6. The van der Waals surface area contributed by atoms with Crippen LogP contribution in [0.15, 0.2) is 24.3 Å². The van der Waals surface area contributed by atoms with E-state index in [1.165, 1.54) is 0 Å². The molecule has 0 spiro atoms. The van der Waals surface area contributed by atoms with Crippen LogP contribution in [0.25, 0.3) is 0 Å². The molecule has 1 aliphatic carbocycles. The van der Waals surface area contributed by atoms with E-state index in [-0.39, 0.29) is 24.3 Å². The van der Waals surface area contributed by atoms with Gasteiger partial charge in [-0.3, -0.25) is 9.59 Å². The molecule has 2 N–H and O–H groups in total. The van der Waals surface area contributed by atoms with Crippen LogP contribution in [0.5, 0.6) is 0 Å². The summed E-state index contributed by atoms with van der Waals surface area (Å²) in [4.78, 5) is 23.8. The first-order valence-corrected chi connectivity index (χ1v) is 7.94. The summed E-state index contributed by atoms with van der Waals surface area (Å²) >= 11 is 0. The average molecular weight is 303 g/mol. The molecular formula is C18H25NO3. The maximum Gasteiger partial charge on any atom is 0.310 e. The Labute approximate surface area is 131 Å². The molecule has 0 aliphatic heterocycles. The van der Waals surface area contributed by atoms with Gasteiger partial charge in [-0.1, -0.05) is 44.5 Å². The number of aryl methyl sites for hydroxylation is 1. The van der Waals surface area contributed by atoms with Crippen LogP contribution in [-0.2, 0) is 9.59 Å². The zero-order valence-corrected chi connectivity index (χ0v) is 13.6. The minimum atomic E-state index is -0.842. The molecule has 2 rings (SSSR count). The molecule has 0 heterocycles. The van der Waals surface area contributed by atoms with Crippen molar-refractivity contribution in [2.24, 2.45) is 11.3 Å². The fourth-order valence-corrected chi connectivity index (χ4v) is 3.14. The summed E-state index contributed by atoms with van der Waals surface area (Å²) < 4.78 is 0. The normalized spacial score (nSPS) is 17.6. The van der Waals surface area contributed by atoms with Gasteiger partial charge in [0.15, 0.2) is 0 Å². The molecule has 4 heteroatoms. The van der Waals surface area contributed by atoms with Gasteiger partial charge in [-0.25, -0.2) is 0 Å². The number of carbonyl (C=O) groups is 2. The lowest BCUT2D eigenvalue weighted by Crippen LogP contribution is -2.43. The topological polar surface area (TPSA) is 66.4 Å². The van der Waals surface area contributed by atoms with Gasteiger partial charge in [0.2, 0.25) is 5.91 Å². The van der Waals surface area contributed by atoms with Crippen LogP contribution in [0.2, 0.25) is 0 Å². The van der Waals surface area contributed by atoms with Crippen LogP contribution in [0.4, 0.5) is 0 Å². The highest BCUT2D eigenvalue weighted by Gasteiger charge is 2.46. The number of hydrogen-bond acceptors (Lipinski definition) is 2. The average Bonchev–Trinajstić information content (AvgIpc) is 2.40. The Morgan fingerprint density at radius 1 is 1.27 bits per heavy atom. The monoisotopic (exact) mass is 303 g/mol. The van der Waals surface area contributed by atoms with Crippen LogP contribution < -0.4 is 5.32 Å². The summed E-state index contributed by atoms with van der Waals surface area (Å²) in [6.07, 6.45) is 2.18. The van der Waals surface area contributed by atoms with E-state index < -0.39 is 11.4 Å². The van der Waals surface area contributed by atoms with E-state index in [0.29, 0.717) is 12.8 Å². The molecule has 0 aromatic heterocycles. The summed E-state index contributed by atoms with van der Waals surface area (Å²) in [7, 11) is 0. The molecule has 1 aromatic carbocycles. The van der Waals surface area contributed by atoms with Crippen molar-refractivity contribution in [3.8, 4) is 0 Å². The zero-order valence-electron chi connectivity index (χ0n) is 13.6. The van der Waals surface area contributed by atoms with Gasteiger partial charge < -0.3 is 10.4 Å². The Kier molecular flexibility index (Phi) is 4.89. The molecule has 1 unspecified atom stereocenters. The number of benzene rings is 1. The summed E-state index contributed by atoms with van der Waals surface area (Å²) in [6, 6.07) is 7.91. The molecule has 120 valence electrons. The van der Waals surface area contributed by atoms with Crippen molar-refractivity contribution in [2.75, 3.05) is 0 Å². The van der Waals surface area contributed by atoms with E-state index >= 15 is 0 Å². The second-order valence-corrected chi connectivity index (χ2v) is 6.76. The third-order valence-electron chi connectivity index (χ3n) is 4.77. The smallest absolute Gasteiger partial charge is 0.310 e. The first-order chi connectivity index (χ1) is 10.4. The molecule has 0 bridgehead atoms. The van der Waals surface area contributed by atoms with Crippen LogP contribution in [0, 0.1) is 18.3 Å². The van der Waals surface area contributed by atoms with Crippen molar-refractivity contribution in [3.63, 3.8) is 0 Å². The molecule has 1 atom stereocenters. The summed E-state index contributed by atoms with van der Waals surface area (Å²) in [5, 5.41) is 12.4. The molecule has 1 amide bonds. The SMILES string of the molecule is Cc1ccccc1C(NC(=O)CC1(C(=O)O)CCC1)C(C)C. The number of carboxylic acids is 1. The number of nitrogens with one attached hydrogen (secondary N) is 1. The van der Waals surface area contributed by atoms with Gasteiger partial charge in [-0.15, -0.1) is 0 Å². The number of hydrogen-bond donors (Lipinski definition) is 2. The molecule has 1 aromatic rings. The van der Waals surface area contributed by atoms with Crippen molar-refractivity contribution in [1.29, 1.82) is 0 Å². The minimum absolute atomic E-state index is 0.0808. The van der Waals surface area contributed by atoms with Gasteiger partial charge in [0.05, 0.1) is 11.5 Å². The Bertz CT molecular complexity index is 561. The molecule has 0 radical (unpaired) electrons. The van der Waals surface area contributed by atoms with Gasteiger partial charge in [-0.05, 0) is 36.8 Å². The third-order valence-corrected chi connectivity index (χ3v) is 4.77. The van der Waals surface area contributed by atoms with Crippen LogP contribution in [0.3, 0.4) is 0 Å². The highest BCUT2D eigenvalue weighted by Crippen LogP contribution is 2.44. The highest BCUT2D eigenvalue weighted by atomic mass is 16.4. The fourth-order valence-electron chi connectivity index (χ4n) is 3.14. The fraction of sp³-hybridized carbons (Fsp3) is 0.556. The summed E-state index contributed by atoms with van der Waals surface area (Å²) in [5.41, 5.74) is 1.40. The van der Waals surface area contributed by atoms with E-state index in [1.54, 1.807) is 0 Å². The van der Waals surface area contributed by atoms with Crippen molar-refractivity contribution in [1.82, 2.24) is 5.32 Å². The van der Waals surface area contributed by atoms with Gasteiger partial charge in [-0.2, -0.15) is 0 Å². The van der Waals surface area contributed by atoms with Crippen LogP contribution >= 0.6 is 0 Å². The Morgan fingerprint density at radius 3 is 2.36 bits per heavy atom. The van der Waals surface area contributed by atoms with E-state index in [9.17, 15) is 14.7 Å². The molecule has 1 aliphatic rings. The summed E-state index contributed by atoms with van der Waals surface area (Å²) in [5.74, 6) is -0.762. The van der Waals surface area contributed by atoms with E-state index in [1.807, 2.05) is 31.2 Å². The number of carbonyl (C=O) groups excluding carboxylic acids is 1. The second-order valence-electron chi connectivity index (χ2n) is 6.76. The van der Waals surface area contributed by atoms with Crippen molar-refractivity contribution in [2.45, 2.75) is 52.5 Å². The molecular weight excluding hydrogens is 278 g/mol. The Balaban J connectivity index is 2.10. The standard InChI is InChI=1S/C18H25NO3/c1-12(2)16(14-8-5-4-7-13(14)3)19-15(20)11-18(17(21)22)9-6-10-18/h4-5,7-8,12,16H,6,9-11H2,1-3H3,(H,19,20)(H,21,22). The predicted octanol–water partition coefficient (Wildman–Crippen LogP) is 3.45. The quantitative estimate of drug-likeness (QED) is 0.846. The molecule has 22 heavy (non-hydrogen) atoms. The third kappa shape index (κ3) is 3.32. The molecule has 0 saturated heterocycles.